The van der Waals surface area contributed by atoms with E-state index in [1.54, 1.807) is 24.5 Å². The molecule has 2 aliphatic heterocycles. The van der Waals surface area contributed by atoms with Crippen LogP contribution in [0.3, 0.4) is 0 Å². The minimum absolute atomic E-state index is 0.0489. The van der Waals surface area contributed by atoms with Gasteiger partial charge in [0.1, 0.15) is 0 Å². The molecule has 2 aliphatic rings. The number of aromatic amines is 1. The van der Waals surface area contributed by atoms with E-state index < -0.39 is 27.4 Å². The van der Waals surface area contributed by atoms with Crippen LogP contribution in [0.1, 0.15) is 39.7 Å². The number of amides is 1. The summed E-state index contributed by atoms with van der Waals surface area (Å²) in [5, 5.41) is 9.82. The topological polar surface area (TPSA) is 100 Å². The van der Waals surface area contributed by atoms with Crippen LogP contribution < -0.4 is 42.3 Å². The molecule has 0 aliphatic carbocycles. The van der Waals surface area contributed by atoms with Gasteiger partial charge >= 0.3 is 220 Å². The third-order valence-electron chi connectivity index (χ3n) is 6.23. The van der Waals surface area contributed by atoms with Crippen LogP contribution in [0, 0.1) is 5.82 Å². The van der Waals surface area contributed by atoms with Crippen molar-refractivity contribution in [2.45, 2.75) is 23.7 Å². The Morgan fingerprint density at radius 2 is 2.17 bits per heavy atom. The van der Waals surface area contributed by atoms with E-state index in [1.807, 2.05) is 6.07 Å². The maximum atomic E-state index is 14.5. The van der Waals surface area contributed by atoms with Crippen molar-refractivity contribution in [1.82, 2.24) is 15.3 Å². The number of H-pyrrole nitrogens is 1. The van der Waals surface area contributed by atoms with Crippen LogP contribution in [0.25, 0.3) is 11.3 Å². The molecular formula is C26H28FIN5O3-. The second-order valence-electron chi connectivity index (χ2n) is 8.63. The summed E-state index contributed by atoms with van der Waals surface area (Å²) >= 11 is -0.697. The molecule has 0 saturated heterocycles. The molecule has 190 valence electrons. The number of nitrogens with one attached hydrogen (secondary N) is 4. The number of fused-ring (bicyclic) bond motifs is 3. The van der Waals surface area contributed by atoms with Crippen LogP contribution >= 0.6 is 0 Å². The Hall–Kier alpha value is -3.12. The third kappa shape index (κ3) is 4.92. The average molecular weight is 604 g/mol. The molecule has 36 heavy (non-hydrogen) atoms. The number of alkyl halides is 1. The Kier molecular flexibility index (Phi) is 7.42. The number of para-hydroxylation sites is 1. The van der Waals surface area contributed by atoms with Crippen molar-refractivity contribution in [2.75, 3.05) is 37.4 Å². The molecule has 4 N–H and O–H groups in total. The van der Waals surface area contributed by atoms with Crippen molar-refractivity contribution in [3.63, 3.8) is 0 Å². The molecule has 2 bridgehead atoms. The predicted molar refractivity (Wildman–Crippen MR) is 133 cm³/mol. The van der Waals surface area contributed by atoms with Crippen LogP contribution in [0.5, 0.6) is 5.75 Å². The van der Waals surface area contributed by atoms with Gasteiger partial charge in [0.15, 0.2) is 0 Å². The van der Waals surface area contributed by atoms with Crippen LogP contribution in [0.2, 0.25) is 0 Å². The van der Waals surface area contributed by atoms with E-state index in [4.69, 9.17) is 7.80 Å². The molecule has 5 rings (SSSR count). The molecule has 3 aromatic rings. The molecule has 0 saturated carbocycles. The van der Waals surface area contributed by atoms with Gasteiger partial charge in [-0.15, -0.1) is 0 Å². The van der Waals surface area contributed by atoms with Crippen molar-refractivity contribution >= 4 is 23.0 Å². The first-order valence-corrected chi connectivity index (χ1v) is 13.9. The fraction of sp³-hybridized carbons (Fsp3) is 0.308. The van der Waals surface area contributed by atoms with Crippen molar-refractivity contribution in [2.24, 2.45) is 0 Å². The normalized spacial score (nSPS) is 19.7. The van der Waals surface area contributed by atoms with Gasteiger partial charge in [0, 0.05) is 0 Å². The SMILES string of the molecule is COc1c(F)cccc1Nc1c2[nH]c3c1C(=O)NCC3[I-]OCC/C(C)=C\CCNc1cnccc1-2. The third-order valence-corrected chi connectivity index (χ3v) is 8.71. The maximum absolute atomic E-state index is 14.5. The minimum atomic E-state index is -0.697. The van der Waals surface area contributed by atoms with Gasteiger partial charge in [-0.3, -0.25) is 0 Å². The molecule has 4 heterocycles. The molecule has 1 amide bonds. The molecule has 1 aromatic carbocycles. The summed E-state index contributed by atoms with van der Waals surface area (Å²) < 4.78 is 26.0. The zero-order valence-corrected chi connectivity index (χ0v) is 22.2. The summed E-state index contributed by atoms with van der Waals surface area (Å²) in [4.78, 5) is 21.1. The van der Waals surface area contributed by atoms with Crippen LogP contribution in [0.4, 0.5) is 21.5 Å². The molecule has 0 radical (unpaired) electrons. The molecule has 10 heteroatoms. The van der Waals surface area contributed by atoms with E-state index in [0.29, 0.717) is 30.1 Å². The Bertz CT molecular complexity index is 1310. The van der Waals surface area contributed by atoms with E-state index in [0.717, 1.165) is 42.0 Å². The molecule has 1 atom stereocenters. The number of halogens is 2. The fourth-order valence-corrected chi connectivity index (χ4v) is 6.45. The summed E-state index contributed by atoms with van der Waals surface area (Å²) in [5.41, 5.74) is 6.08. The van der Waals surface area contributed by atoms with Gasteiger partial charge in [-0.05, 0) is 0 Å². The zero-order valence-electron chi connectivity index (χ0n) is 20.1. The van der Waals surface area contributed by atoms with Gasteiger partial charge in [-0.25, -0.2) is 0 Å². The first-order chi connectivity index (χ1) is 17.6. The number of carbonyl (C=O) groups excluding carboxylic acids is 1. The molecule has 8 nitrogen and oxygen atoms in total. The number of aromatic nitrogens is 2. The van der Waals surface area contributed by atoms with E-state index in [-0.39, 0.29) is 15.6 Å². The van der Waals surface area contributed by atoms with E-state index in [9.17, 15) is 9.18 Å². The van der Waals surface area contributed by atoms with Crippen LogP contribution in [-0.2, 0) is 3.07 Å². The Morgan fingerprint density at radius 3 is 3.03 bits per heavy atom. The number of methoxy groups -OCH3 is 1. The second-order valence-corrected chi connectivity index (χ2v) is 11.3. The standard InChI is InChI=1S/C26H28FIN5O3/c1-15-5-4-10-30-20-14-29-11-8-16(20)22-24(32-19-7-3-6-17(27)25(19)35-2)21-23(33-22)18(13-31-26(21)34)28-36-12-9-15/h3,5-8,11,14,18,30,32-33H,4,9-10,12-13H2,1-2H3,(H,31,34)/q-1/b15-5-. The van der Waals surface area contributed by atoms with Gasteiger partial charge in [0.2, 0.25) is 0 Å². The van der Waals surface area contributed by atoms with Gasteiger partial charge < -0.3 is 0 Å². The van der Waals surface area contributed by atoms with Crippen molar-refractivity contribution in [1.29, 1.82) is 0 Å². The molecule has 1 unspecified atom stereocenters. The molecule has 0 fully saturated rings. The Balaban J connectivity index is 1.67. The number of anilines is 3. The van der Waals surface area contributed by atoms with Gasteiger partial charge in [0.05, 0.1) is 0 Å². The quantitative estimate of drug-likeness (QED) is 0.207. The van der Waals surface area contributed by atoms with Gasteiger partial charge in [-0.1, -0.05) is 0 Å². The van der Waals surface area contributed by atoms with E-state index >= 15 is 0 Å². The van der Waals surface area contributed by atoms with Crippen LogP contribution in [-0.4, -0.2) is 42.7 Å². The Morgan fingerprint density at radius 1 is 1.28 bits per heavy atom. The molecule has 2 aromatic heterocycles. The van der Waals surface area contributed by atoms with Crippen LogP contribution in [0.15, 0.2) is 48.3 Å². The predicted octanol–water partition coefficient (Wildman–Crippen LogP) is 1.93. The summed E-state index contributed by atoms with van der Waals surface area (Å²) in [6, 6.07) is 6.58. The van der Waals surface area contributed by atoms with Gasteiger partial charge in [0.25, 0.3) is 0 Å². The number of rotatable bonds is 3. The number of ether oxygens (including phenoxy) is 1. The average Bonchev–Trinajstić information content (AvgIpc) is 3.25. The summed E-state index contributed by atoms with van der Waals surface area (Å²) in [6.07, 6.45) is 7.49. The van der Waals surface area contributed by atoms with Gasteiger partial charge in [-0.2, -0.15) is 0 Å². The second kappa shape index (κ2) is 10.9. The first kappa shape index (κ1) is 24.6. The van der Waals surface area contributed by atoms with E-state index in [1.165, 1.54) is 18.7 Å². The van der Waals surface area contributed by atoms with Crippen molar-refractivity contribution < 1.29 is 38.6 Å². The Labute approximate surface area is 219 Å². The number of benzene rings is 1. The molecular weight excluding hydrogens is 576 g/mol. The number of hydrogen-bond acceptors (Lipinski definition) is 6. The number of nitrogens with zero attached hydrogens (tertiary/aromatic N) is 1. The van der Waals surface area contributed by atoms with Crippen molar-refractivity contribution in [3.8, 4) is 17.0 Å². The summed E-state index contributed by atoms with van der Waals surface area (Å²) in [7, 11) is 1.42. The van der Waals surface area contributed by atoms with E-state index in [2.05, 4.69) is 38.9 Å². The zero-order chi connectivity index (χ0) is 25.1. The number of hydrogen-bond donors (Lipinski definition) is 4. The summed E-state index contributed by atoms with van der Waals surface area (Å²) in [6.45, 7) is 4.03. The monoisotopic (exact) mass is 604 g/mol. The van der Waals surface area contributed by atoms with Crippen molar-refractivity contribution in [3.05, 3.63) is 65.4 Å². The summed E-state index contributed by atoms with van der Waals surface area (Å²) in [5.74, 6) is -0.590. The molecule has 0 spiro atoms. The number of pyridine rings is 1. The number of carbonyl (C=O) groups is 1. The fourth-order valence-electron chi connectivity index (χ4n) is 4.42. The first-order valence-electron chi connectivity index (χ1n) is 11.8.